The van der Waals surface area contributed by atoms with Crippen LogP contribution in [0.5, 0.6) is 0 Å². The summed E-state index contributed by atoms with van der Waals surface area (Å²) in [6, 6.07) is 0.460. The second-order valence-corrected chi connectivity index (χ2v) is 6.79. The van der Waals surface area contributed by atoms with E-state index >= 15 is 0 Å². The van der Waals surface area contributed by atoms with Crippen LogP contribution in [0.25, 0.3) is 0 Å². The summed E-state index contributed by atoms with van der Waals surface area (Å²) in [5.74, 6) is 0.822. The highest BCUT2D eigenvalue weighted by Gasteiger charge is 2.33. The average Bonchev–Trinajstić information content (AvgIpc) is 2.36. The van der Waals surface area contributed by atoms with Crippen LogP contribution in [0.3, 0.4) is 0 Å². The number of hydrogen-bond donors (Lipinski definition) is 1. The van der Waals surface area contributed by atoms with Gasteiger partial charge in [-0.3, -0.25) is 0 Å². The topological polar surface area (TPSA) is 21.3 Å². The lowest BCUT2D eigenvalue weighted by molar-refractivity contribution is -0.0393. The molecule has 1 N–H and O–H groups in total. The van der Waals surface area contributed by atoms with Gasteiger partial charge in [0.2, 0.25) is 0 Å². The van der Waals surface area contributed by atoms with Crippen molar-refractivity contribution in [2.45, 2.75) is 85.8 Å². The number of unbranched alkanes of at least 4 members (excludes halogenated alkanes) is 1. The molecule has 2 nitrogen and oxygen atoms in total. The monoisotopic (exact) mass is 271 g/mol. The van der Waals surface area contributed by atoms with Crippen molar-refractivity contribution in [3.63, 3.8) is 0 Å². The van der Waals surface area contributed by atoms with Crippen molar-refractivity contribution in [3.05, 3.63) is 0 Å². The van der Waals surface area contributed by atoms with E-state index in [-0.39, 0.29) is 11.5 Å². The van der Waals surface area contributed by atoms with Crippen LogP contribution in [0.15, 0.2) is 0 Å². The molecule has 0 bridgehead atoms. The van der Waals surface area contributed by atoms with Crippen LogP contribution in [0, 0.1) is 11.3 Å². The van der Waals surface area contributed by atoms with Crippen molar-refractivity contribution >= 4 is 0 Å². The fraction of sp³-hybridized carbons (Fsp3) is 1.00. The van der Waals surface area contributed by atoms with E-state index in [1.165, 1.54) is 32.1 Å². The Morgan fingerprint density at radius 2 is 1.74 bits per heavy atom. The molecule has 0 spiro atoms. The Bertz CT molecular complexity index is 210. The number of nitrogens with one attached hydrogen (secondary N) is 1. The molecule has 3 atom stereocenters. The maximum Gasteiger partial charge on any atom is 0.0775 e. The van der Waals surface area contributed by atoms with Crippen molar-refractivity contribution in [3.8, 4) is 0 Å². The minimum absolute atomic E-state index is 0.187. The van der Waals surface area contributed by atoms with Crippen LogP contribution in [0.2, 0.25) is 0 Å². The molecule has 0 aliphatic heterocycles. The van der Waals surface area contributed by atoms with E-state index in [1.807, 2.05) is 0 Å². The van der Waals surface area contributed by atoms with Gasteiger partial charge >= 0.3 is 0 Å². The minimum Gasteiger partial charge on any atom is -0.376 e. The third-order valence-corrected chi connectivity index (χ3v) is 4.07. The zero-order valence-electron chi connectivity index (χ0n) is 14.4. The summed E-state index contributed by atoms with van der Waals surface area (Å²) < 4.78 is 6.05. The van der Waals surface area contributed by atoms with Gasteiger partial charge < -0.3 is 10.1 Å². The summed E-state index contributed by atoms with van der Waals surface area (Å²) in [6.07, 6.45) is 6.81. The van der Waals surface area contributed by atoms with Gasteiger partial charge in [0.15, 0.2) is 0 Å². The highest BCUT2D eigenvalue weighted by Crippen LogP contribution is 2.29. The summed E-state index contributed by atoms with van der Waals surface area (Å²) in [7, 11) is 2.08. The zero-order chi connectivity index (χ0) is 14.9. The van der Waals surface area contributed by atoms with E-state index in [1.54, 1.807) is 0 Å². The molecule has 0 aliphatic rings. The lowest BCUT2D eigenvalue weighted by Crippen LogP contribution is -2.47. The maximum atomic E-state index is 6.05. The average molecular weight is 271 g/mol. The predicted molar refractivity (Wildman–Crippen MR) is 85.6 cm³/mol. The first-order chi connectivity index (χ1) is 8.90. The van der Waals surface area contributed by atoms with Gasteiger partial charge in [0.1, 0.15) is 0 Å². The first kappa shape index (κ1) is 18.9. The quantitative estimate of drug-likeness (QED) is 0.625. The summed E-state index contributed by atoms with van der Waals surface area (Å²) >= 11 is 0. The van der Waals surface area contributed by atoms with E-state index < -0.39 is 0 Å². The van der Waals surface area contributed by atoms with Crippen LogP contribution in [0.1, 0.15) is 73.6 Å². The van der Waals surface area contributed by atoms with Crippen LogP contribution < -0.4 is 5.32 Å². The van der Waals surface area contributed by atoms with E-state index in [0.717, 1.165) is 12.5 Å². The van der Waals surface area contributed by atoms with Crippen LogP contribution in [-0.4, -0.2) is 25.8 Å². The molecule has 0 saturated heterocycles. The van der Waals surface area contributed by atoms with Crippen LogP contribution in [-0.2, 0) is 4.74 Å². The number of rotatable bonds is 10. The second-order valence-electron chi connectivity index (χ2n) is 6.79. The summed E-state index contributed by atoms with van der Waals surface area (Å²) in [5, 5.41) is 3.51. The van der Waals surface area contributed by atoms with E-state index in [9.17, 15) is 0 Å². The predicted octanol–water partition coefficient (Wildman–Crippen LogP) is 4.63. The molecule has 3 unspecified atom stereocenters. The largest absolute Gasteiger partial charge is 0.376 e. The van der Waals surface area contributed by atoms with E-state index in [0.29, 0.717) is 6.04 Å². The zero-order valence-corrected chi connectivity index (χ0v) is 14.4. The first-order valence-electron chi connectivity index (χ1n) is 8.19. The molecule has 0 aromatic carbocycles. The molecule has 0 heterocycles. The summed E-state index contributed by atoms with van der Waals surface area (Å²) in [4.78, 5) is 0. The Morgan fingerprint density at radius 1 is 1.11 bits per heavy atom. The molecule has 0 aromatic heterocycles. The highest BCUT2D eigenvalue weighted by molar-refractivity contribution is 4.87. The van der Waals surface area contributed by atoms with Crippen molar-refractivity contribution in [1.29, 1.82) is 0 Å². The van der Waals surface area contributed by atoms with Gasteiger partial charge in [0.05, 0.1) is 6.10 Å². The first-order valence-corrected chi connectivity index (χ1v) is 8.19. The molecule has 0 radical (unpaired) electrons. The molecule has 0 rings (SSSR count). The van der Waals surface area contributed by atoms with Gasteiger partial charge in [-0.1, -0.05) is 60.3 Å². The van der Waals surface area contributed by atoms with Gasteiger partial charge in [-0.2, -0.15) is 0 Å². The minimum atomic E-state index is 0.187. The standard InChI is InChI=1S/C17H37NO/c1-8-11-12-14(9-2)13-15(18-7)16(19-10-3)17(4,5)6/h14-16,18H,8-13H2,1-7H3. The Morgan fingerprint density at radius 3 is 2.11 bits per heavy atom. The molecular formula is C17H37NO. The van der Waals surface area contributed by atoms with E-state index in [4.69, 9.17) is 4.74 Å². The van der Waals surface area contributed by atoms with Gasteiger partial charge in [0, 0.05) is 12.6 Å². The third kappa shape index (κ3) is 7.31. The Kier molecular flexibility index (Phi) is 9.72. The maximum absolute atomic E-state index is 6.05. The summed E-state index contributed by atoms with van der Waals surface area (Å²) in [5.41, 5.74) is 0.187. The van der Waals surface area contributed by atoms with Crippen LogP contribution in [0.4, 0.5) is 0 Å². The van der Waals surface area contributed by atoms with Gasteiger partial charge in [-0.25, -0.2) is 0 Å². The smallest absolute Gasteiger partial charge is 0.0775 e. The van der Waals surface area contributed by atoms with Crippen molar-refractivity contribution in [2.75, 3.05) is 13.7 Å². The third-order valence-electron chi connectivity index (χ3n) is 4.07. The Balaban J connectivity index is 4.65. The summed E-state index contributed by atoms with van der Waals surface area (Å²) in [6.45, 7) is 14.3. The van der Waals surface area contributed by atoms with Gasteiger partial charge in [-0.15, -0.1) is 0 Å². The molecule has 0 saturated carbocycles. The Hall–Kier alpha value is -0.0800. The highest BCUT2D eigenvalue weighted by atomic mass is 16.5. The number of likely N-dealkylation sites (N-methyl/N-ethyl adjacent to an activating group) is 1. The van der Waals surface area contributed by atoms with Crippen molar-refractivity contribution in [2.24, 2.45) is 11.3 Å². The van der Waals surface area contributed by atoms with E-state index in [2.05, 4.69) is 53.9 Å². The Labute approximate surface area is 121 Å². The normalized spacial score (nSPS) is 17.2. The van der Waals surface area contributed by atoms with Crippen molar-refractivity contribution < 1.29 is 4.74 Å². The fourth-order valence-electron chi connectivity index (χ4n) is 2.88. The van der Waals surface area contributed by atoms with Gasteiger partial charge in [0.25, 0.3) is 0 Å². The molecule has 0 aliphatic carbocycles. The molecule has 2 heteroatoms. The van der Waals surface area contributed by atoms with Crippen LogP contribution >= 0.6 is 0 Å². The number of ether oxygens (including phenoxy) is 1. The number of hydrogen-bond acceptors (Lipinski definition) is 2. The fourth-order valence-corrected chi connectivity index (χ4v) is 2.88. The second kappa shape index (κ2) is 9.77. The molecular weight excluding hydrogens is 234 g/mol. The lowest BCUT2D eigenvalue weighted by atomic mass is 9.80. The lowest BCUT2D eigenvalue weighted by Gasteiger charge is -2.38. The SMILES string of the molecule is CCCCC(CC)CC(NC)C(OCC)C(C)(C)C. The molecule has 0 aromatic rings. The van der Waals surface area contributed by atoms with Gasteiger partial charge in [-0.05, 0) is 31.7 Å². The molecule has 0 amide bonds. The van der Waals surface area contributed by atoms with Crippen molar-refractivity contribution in [1.82, 2.24) is 5.32 Å². The molecule has 116 valence electrons. The molecule has 19 heavy (non-hydrogen) atoms. The molecule has 0 fully saturated rings.